The van der Waals surface area contributed by atoms with Crippen LogP contribution in [0.3, 0.4) is 0 Å². The molecule has 3 N–H and O–H groups in total. The smallest absolute Gasteiger partial charge is 0.193 e. The van der Waals surface area contributed by atoms with Crippen molar-refractivity contribution in [2.45, 2.75) is 20.4 Å². The van der Waals surface area contributed by atoms with Crippen molar-refractivity contribution in [2.75, 3.05) is 18.5 Å². The van der Waals surface area contributed by atoms with Gasteiger partial charge < -0.3 is 20.5 Å². The van der Waals surface area contributed by atoms with Gasteiger partial charge in [-0.2, -0.15) is 0 Å². The normalized spacial score (nSPS) is 10.9. The molecule has 1 aromatic carbocycles. The highest BCUT2D eigenvalue weighted by atomic mass is 127. The van der Waals surface area contributed by atoms with E-state index in [0.717, 1.165) is 17.1 Å². The minimum atomic E-state index is 0. The van der Waals surface area contributed by atoms with E-state index in [1.54, 1.807) is 18.7 Å². The number of nitrogens with two attached hydrogens (primary N) is 1. The molecule has 0 atom stereocenters. The molecule has 0 fully saturated rings. The van der Waals surface area contributed by atoms with Gasteiger partial charge in [0.1, 0.15) is 23.6 Å². The Morgan fingerprint density at radius 2 is 1.97 bits per heavy atom. The lowest BCUT2D eigenvalue weighted by atomic mass is 10.2. The zero-order chi connectivity index (χ0) is 19.8. The van der Waals surface area contributed by atoms with Crippen LogP contribution < -0.4 is 20.5 Å². The predicted molar refractivity (Wildman–Crippen MR) is 125 cm³/mol. The van der Waals surface area contributed by atoms with Crippen LogP contribution in [0, 0.1) is 0 Å². The van der Waals surface area contributed by atoms with Crippen molar-refractivity contribution in [1.29, 1.82) is 0 Å². The van der Waals surface area contributed by atoms with E-state index < -0.39 is 0 Å². The molecule has 154 valence electrons. The molecule has 0 aliphatic rings. The lowest BCUT2D eigenvalue weighted by molar-refractivity contribution is 0.332. The second-order valence-corrected chi connectivity index (χ2v) is 5.84. The number of hydrogen-bond acceptors (Lipinski definition) is 5. The summed E-state index contributed by atoms with van der Waals surface area (Å²) in [7, 11) is 0. The van der Waals surface area contributed by atoms with Crippen LogP contribution in [0.2, 0.25) is 0 Å². The number of nitrogens with zero attached hydrogens (tertiary/aromatic N) is 4. The standard InChI is InChI=1S/C20H24N6O2.HI/c1-3-27-16-5-6-18(28-4-2)17(12-16)25-20(21)24-13-15-7-8-23-19(11-15)26-10-9-22-14-26;/h5-12,14H,3-4,13H2,1-2H3,(H3,21,24,25);1H. The highest BCUT2D eigenvalue weighted by Gasteiger charge is 2.07. The van der Waals surface area contributed by atoms with Crippen molar-refractivity contribution in [3.63, 3.8) is 0 Å². The molecular weight excluding hydrogens is 483 g/mol. The molecule has 0 unspecified atom stereocenters. The Hall–Kier alpha value is -2.82. The quantitative estimate of drug-likeness (QED) is 0.274. The van der Waals surface area contributed by atoms with E-state index in [1.165, 1.54) is 0 Å². The molecule has 2 aromatic heterocycles. The van der Waals surface area contributed by atoms with E-state index >= 15 is 0 Å². The number of guanidine groups is 1. The van der Waals surface area contributed by atoms with Gasteiger partial charge in [-0.25, -0.2) is 15.0 Å². The van der Waals surface area contributed by atoms with Gasteiger partial charge in [0.25, 0.3) is 0 Å². The molecule has 29 heavy (non-hydrogen) atoms. The van der Waals surface area contributed by atoms with Crippen LogP contribution in [-0.2, 0) is 6.54 Å². The zero-order valence-electron chi connectivity index (χ0n) is 16.4. The summed E-state index contributed by atoms with van der Waals surface area (Å²) in [6.07, 6.45) is 6.99. The Labute approximate surface area is 187 Å². The highest BCUT2D eigenvalue weighted by Crippen LogP contribution is 2.29. The number of ether oxygens (including phenoxy) is 2. The van der Waals surface area contributed by atoms with Gasteiger partial charge in [0, 0.05) is 24.7 Å². The maximum absolute atomic E-state index is 6.09. The summed E-state index contributed by atoms with van der Waals surface area (Å²) < 4.78 is 13.0. The second kappa shape index (κ2) is 11.2. The van der Waals surface area contributed by atoms with Gasteiger partial charge in [-0.1, -0.05) is 0 Å². The lowest BCUT2D eigenvalue weighted by Crippen LogP contribution is -2.23. The fourth-order valence-electron chi connectivity index (χ4n) is 2.59. The first kappa shape index (κ1) is 22.5. The number of benzene rings is 1. The third kappa shape index (κ3) is 6.34. The first-order valence-corrected chi connectivity index (χ1v) is 9.09. The average molecular weight is 508 g/mol. The van der Waals surface area contributed by atoms with E-state index in [2.05, 4.69) is 20.3 Å². The molecule has 0 saturated heterocycles. The lowest BCUT2D eigenvalue weighted by Gasteiger charge is -2.14. The van der Waals surface area contributed by atoms with Gasteiger partial charge in [0.15, 0.2) is 5.96 Å². The molecule has 3 rings (SSSR count). The molecule has 9 heteroatoms. The number of aromatic nitrogens is 3. The summed E-state index contributed by atoms with van der Waals surface area (Å²) in [6, 6.07) is 9.41. The van der Waals surface area contributed by atoms with Crippen molar-refractivity contribution in [3.05, 3.63) is 60.8 Å². The molecule has 0 aliphatic heterocycles. The molecule has 3 aromatic rings. The fraction of sp³-hybridized carbons (Fsp3) is 0.250. The summed E-state index contributed by atoms with van der Waals surface area (Å²) in [4.78, 5) is 12.8. The monoisotopic (exact) mass is 508 g/mol. The molecule has 8 nitrogen and oxygen atoms in total. The SMILES string of the molecule is CCOc1ccc(OCC)c(NC(N)=NCc2ccnc(-n3ccnc3)c2)c1.I. The topological polar surface area (TPSA) is 99.6 Å². The number of rotatable bonds is 8. The van der Waals surface area contributed by atoms with Gasteiger partial charge in [-0.15, -0.1) is 24.0 Å². The highest BCUT2D eigenvalue weighted by molar-refractivity contribution is 14.0. The van der Waals surface area contributed by atoms with Crippen LogP contribution >= 0.6 is 24.0 Å². The van der Waals surface area contributed by atoms with Crippen LogP contribution in [0.4, 0.5) is 5.69 Å². The molecule has 0 aliphatic carbocycles. The van der Waals surface area contributed by atoms with Crippen LogP contribution in [0.15, 0.2) is 60.2 Å². The van der Waals surface area contributed by atoms with Gasteiger partial charge in [-0.3, -0.25) is 4.57 Å². The molecular formula is C20H25IN6O2. The van der Waals surface area contributed by atoms with Crippen LogP contribution in [0.25, 0.3) is 5.82 Å². The van der Waals surface area contributed by atoms with E-state index in [4.69, 9.17) is 15.2 Å². The van der Waals surface area contributed by atoms with E-state index in [0.29, 0.717) is 31.2 Å². The Bertz CT molecular complexity index is 930. The number of anilines is 1. The summed E-state index contributed by atoms with van der Waals surface area (Å²) in [5, 5.41) is 3.10. The summed E-state index contributed by atoms with van der Waals surface area (Å²) >= 11 is 0. The van der Waals surface area contributed by atoms with Crippen molar-refractivity contribution < 1.29 is 9.47 Å². The van der Waals surface area contributed by atoms with Crippen molar-refractivity contribution in [3.8, 4) is 17.3 Å². The first-order chi connectivity index (χ1) is 13.7. The van der Waals surface area contributed by atoms with Crippen LogP contribution in [-0.4, -0.2) is 33.7 Å². The average Bonchev–Trinajstić information content (AvgIpc) is 3.24. The minimum absolute atomic E-state index is 0. The largest absolute Gasteiger partial charge is 0.494 e. The maximum atomic E-state index is 6.09. The van der Waals surface area contributed by atoms with E-state index in [-0.39, 0.29) is 29.9 Å². The van der Waals surface area contributed by atoms with Crippen LogP contribution in [0.5, 0.6) is 11.5 Å². The predicted octanol–water partition coefficient (Wildman–Crippen LogP) is 3.61. The molecule has 0 spiro atoms. The van der Waals surface area contributed by atoms with Gasteiger partial charge in [0.05, 0.1) is 25.4 Å². The number of nitrogens with one attached hydrogen (secondary N) is 1. The van der Waals surface area contributed by atoms with E-state index in [1.807, 2.05) is 54.9 Å². The summed E-state index contributed by atoms with van der Waals surface area (Å²) in [6.45, 7) is 5.41. The number of hydrogen-bond donors (Lipinski definition) is 2. The first-order valence-electron chi connectivity index (χ1n) is 9.09. The van der Waals surface area contributed by atoms with E-state index in [9.17, 15) is 0 Å². The molecule has 0 radical (unpaired) electrons. The van der Waals surface area contributed by atoms with Crippen molar-refractivity contribution in [1.82, 2.24) is 14.5 Å². The fourth-order valence-corrected chi connectivity index (χ4v) is 2.59. The number of halogens is 1. The molecule has 2 heterocycles. The number of pyridine rings is 1. The maximum Gasteiger partial charge on any atom is 0.193 e. The van der Waals surface area contributed by atoms with Crippen molar-refractivity contribution in [2.24, 2.45) is 10.7 Å². The van der Waals surface area contributed by atoms with Crippen molar-refractivity contribution >= 4 is 35.6 Å². The third-order valence-electron chi connectivity index (χ3n) is 3.84. The Balaban J connectivity index is 0.00000300. The minimum Gasteiger partial charge on any atom is -0.494 e. The third-order valence-corrected chi connectivity index (χ3v) is 3.84. The Kier molecular flexibility index (Phi) is 8.71. The van der Waals surface area contributed by atoms with Gasteiger partial charge in [0.2, 0.25) is 0 Å². The van der Waals surface area contributed by atoms with Gasteiger partial charge in [-0.05, 0) is 43.7 Å². The number of aliphatic imine (C=N–C) groups is 1. The second-order valence-electron chi connectivity index (χ2n) is 5.84. The van der Waals surface area contributed by atoms with Crippen LogP contribution in [0.1, 0.15) is 19.4 Å². The summed E-state index contributed by atoms with van der Waals surface area (Å²) in [5.74, 6) is 2.49. The molecule has 0 amide bonds. The zero-order valence-corrected chi connectivity index (χ0v) is 18.7. The molecule has 0 bridgehead atoms. The molecule has 0 saturated carbocycles. The Morgan fingerprint density at radius 1 is 1.14 bits per heavy atom. The summed E-state index contributed by atoms with van der Waals surface area (Å²) in [5.41, 5.74) is 7.78. The number of imidazole rings is 1. The Morgan fingerprint density at radius 3 is 2.69 bits per heavy atom. The van der Waals surface area contributed by atoms with Gasteiger partial charge >= 0.3 is 0 Å².